The van der Waals surface area contributed by atoms with Gasteiger partial charge in [-0.1, -0.05) is 14.4 Å². The highest BCUT2D eigenvalue weighted by Crippen LogP contribution is 2.23. The molecule has 2 aromatic rings. The molecule has 0 spiro atoms. The van der Waals surface area contributed by atoms with E-state index in [2.05, 4.69) is 31.4 Å². The number of rotatable bonds is 9. The van der Waals surface area contributed by atoms with Crippen LogP contribution in [0.3, 0.4) is 0 Å². The van der Waals surface area contributed by atoms with E-state index < -0.39 is 0 Å². The Morgan fingerprint density at radius 3 is 1.67 bits per heavy atom. The van der Waals surface area contributed by atoms with E-state index in [9.17, 15) is 14.4 Å². The predicted octanol–water partition coefficient (Wildman–Crippen LogP) is 4.74. The van der Waals surface area contributed by atoms with Crippen LogP contribution in [0.15, 0.2) is 36.7 Å². The molecule has 0 unspecified atom stereocenters. The molecule has 2 aromatic heterocycles. The van der Waals surface area contributed by atoms with Gasteiger partial charge < -0.3 is 29.7 Å². The van der Waals surface area contributed by atoms with Gasteiger partial charge in [0.2, 0.25) is 0 Å². The van der Waals surface area contributed by atoms with Gasteiger partial charge in [0, 0.05) is 62.9 Å². The fourth-order valence-corrected chi connectivity index (χ4v) is 5.11. The van der Waals surface area contributed by atoms with E-state index in [1.165, 1.54) is 25.5 Å². The fraction of sp³-hybridized carbons (Fsp3) is 0.618. The average Bonchev–Trinajstić information content (AvgIpc) is 2.98. The number of anilines is 2. The molecule has 2 fully saturated rings. The first kappa shape index (κ1) is 39.3. The number of aromatic nitrogens is 2. The van der Waals surface area contributed by atoms with Crippen LogP contribution in [0.5, 0.6) is 0 Å². The summed E-state index contributed by atoms with van der Waals surface area (Å²) >= 11 is 0. The van der Waals surface area contributed by atoms with Gasteiger partial charge in [-0.2, -0.15) is 0 Å². The van der Waals surface area contributed by atoms with Gasteiger partial charge >= 0.3 is 17.9 Å². The minimum atomic E-state index is -0.234. The van der Waals surface area contributed by atoms with Crippen molar-refractivity contribution in [3.63, 3.8) is 0 Å². The molecule has 0 radical (unpaired) electrons. The molecule has 0 aromatic carbocycles. The maximum Gasteiger partial charge on any atom is 0.311 e. The van der Waals surface area contributed by atoms with Gasteiger partial charge in [0.1, 0.15) is 0 Å². The van der Waals surface area contributed by atoms with Gasteiger partial charge in [0.25, 0.3) is 0 Å². The lowest BCUT2D eigenvalue weighted by atomic mass is 10.00. The third-order valence-corrected chi connectivity index (χ3v) is 7.05. The number of nitrogens with zero attached hydrogens (tertiary/aromatic N) is 4. The zero-order valence-electron chi connectivity index (χ0n) is 27.1. The number of carbonyl (C=O) groups excluding carboxylic acids is 3. The van der Waals surface area contributed by atoms with Crippen LogP contribution < -0.4 is 15.5 Å². The lowest BCUT2D eigenvalue weighted by Crippen LogP contribution is -2.42. The average molecular weight is 630 g/mol. The second kappa shape index (κ2) is 21.9. The highest BCUT2D eigenvalue weighted by Gasteiger charge is 2.19. The van der Waals surface area contributed by atoms with Crippen LogP contribution in [0.1, 0.15) is 79.1 Å². The van der Waals surface area contributed by atoms with Crippen molar-refractivity contribution in [1.82, 2.24) is 9.97 Å². The van der Waals surface area contributed by atoms with Crippen molar-refractivity contribution >= 4 is 29.3 Å². The summed E-state index contributed by atoms with van der Waals surface area (Å²) in [7, 11) is 0. The molecule has 0 saturated carbocycles. The number of carbonyl (C=O) groups is 3. The number of hydrogen-bond acceptors (Lipinski definition) is 11. The summed E-state index contributed by atoms with van der Waals surface area (Å²) < 4.78 is 14.3. The van der Waals surface area contributed by atoms with E-state index in [0.29, 0.717) is 19.8 Å². The summed E-state index contributed by atoms with van der Waals surface area (Å²) in [6.07, 6.45) is 8.72. The molecule has 2 N–H and O–H groups in total. The molecule has 0 amide bonds. The Hall–Kier alpha value is -3.73. The number of hydrogen-bond donors (Lipinski definition) is 1. The molecule has 2 atom stereocenters. The van der Waals surface area contributed by atoms with E-state index >= 15 is 0 Å². The van der Waals surface area contributed by atoms with E-state index in [0.717, 1.165) is 62.0 Å². The Labute approximate surface area is 269 Å². The smallest absolute Gasteiger partial charge is 0.311 e. The van der Waals surface area contributed by atoms with Crippen molar-refractivity contribution in [2.24, 2.45) is 11.7 Å². The van der Waals surface area contributed by atoms with E-state index in [4.69, 9.17) is 15.2 Å². The van der Waals surface area contributed by atoms with Crippen molar-refractivity contribution in [3.05, 3.63) is 48.0 Å². The number of pyridine rings is 2. The highest BCUT2D eigenvalue weighted by atomic mass is 16.5. The Bertz CT molecular complexity index is 1080. The molecule has 11 nitrogen and oxygen atoms in total. The third-order valence-electron chi connectivity index (χ3n) is 7.05. The molecule has 45 heavy (non-hydrogen) atoms. The number of nitrogens with two attached hydrogens (primary N) is 1. The number of ether oxygens (including phenoxy) is 3. The largest absolute Gasteiger partial charge is 0.466 e. The normalized spacial score (nSPS) is 17.3. The zero-order valence-corrected chi connectivity index (χ0v) is 27.1. The Morgan fingerprint density at radius 2 is 1.27 bits per heavy atom. The molecule has 2 aliphatic heterocycles. The van der Waals surface area contributed by atoms with Crippen LogP contribution in [0.4, 0.5) is 11.4 Å². The first-order valence-electron chi connectivity index (χ1n) is 15.7. The molecule has 0 aliphatic carbocycles. The first-order chi connectivity index (χ1) is 21.1. The van der Waals surface area contributed by atoms with Gasteiger partial charge in [-0.25, -0.2) is 0 Å². The summed E-state index contributed by atoms with van der Waals surface area (Å²) in [6.45, 7) is 14.4. The Morgan fingerprint density at radius 1 is 0.800 bits per heavy atom. The molecule has 0 bridgehead atoms. The van der Waals surface area contributed by atoms with E-state index in [-0.39, 0.29) is 44.2 Å². The maximum absolute atomic E-state index is 11.5. The Kier molecular flexibility index (Phi) is 19.1. The quantitative estimate of drug-likeness (QED) is 0.304. The summed E-state index contributed by atoms with van der Waals surface area (Å²) in [6, 6.07) is 8.18. The summed E-state index contributed by atoms with van der Waals surface area (Å²) in [5, 5.41) is 0. The van der Waals surface area contributed by atoms with Crippen LogP contribution in [-0.2, 0) is 41.4 Å². The number of piperidine rings is 2. The zero-order chi connectivity index (χ0) is 32.3. The highest BCUT2D eigenvalue weighted by molar-refractivity contribution is 5.73. The summed E-state index contributed by atoms with van der Waals surface area (Å²) in [4.78, 5) is 45.9. The van der Waals surface area contributed by atoms with Crippen LogP contribution in [0, 0.1) is 5.92 Å². The molecule has 2 saturated heterocycles. The minimum Gasteiger partial charge on any atom is -0.466 e. The maximum atomic E-state index is 11.5. The fourth-order valence-electron chi connectivity index (χ4n) is 5.11. The lowest BCUT2D eigenvalue weighted by Gasteiger charge is -2.32. The predicted molar refractivity (Wildman–Crippen MR) is 178 cm³/mol. The second-order valence-corrected chi connectivity index (χ2v) is 10.9. The van der Waals surface area contributed by atoms with Crippen LogP contribution in [0.25, 0.3) is 0 Å². The van der Waals surface area contributed by atoms with Crippen molar-refractivity contribution in [2.45, 2.75) is 86.6 Å². The monoisotopic (exact) mass is 629 g/mol. The first-order valence-corrected chi connectivity index (χ1v) is 15.7. The molecule has 4 heterocycles. The van der Waals surface area contributed by atoms with Crippen molar-refractivity contribution < 1.29 is 28.6 Å². The third kappa shape index (κ3) is 15.7. The minimum absolute atomic E-state index is 0. The molecule has 2 aliphatic rings. The van der Waals surface area contributed by atoms with E-state index in [1.54, 1.807) is 26.2 Å². The van der Waals surface area contributed by atoms with Gasteiger partial charge in [-0.15, -0.1) is 0 Å². The van der Waals surface area contributed by atoms with E-state index in [1.807, 2.05) is 31.2 Å². The molecule has 252 valence electrons. The second-order valence-electron chi connectivity index (χ2n) is 10.9. The molecular weight excluding hydrogens is 574 g/mol. The van der Waals surface area contributed by atoms with Crippen molar-refractivity contribution in [2.75, 3.05) is 55.8 Å². The van der Waals surface area contributed by atoms with Gasteiger partial charge in [0.15, 0.2) is 0 Å². The number of esters is 3. The van der Waals surface area contributed by atoms with Gasteiger partial charge in [0.05, 0.1) is 44.1 Å². The SMILES string of the molecule is C.CCOC(=O)Cc1cc(N2CCC[C@@H](C)C2)ccn1.CCOC(=O)Cc1cc(N2CCC[C@@H](N)C2)ccn1.CCOC(C)=O. The standard InChI is InChI=1S/C15H22N2O2.C14H21N3O2.C4H8O2.CH4/c1-3-19-15(18)10-13-9-14(6-7-16-13)17-8-4-5-12(2)11-17;1-2-19-14(18)9-12-8-13(5-6-16-12)17-7-3-4-11(15)10-17;1-3-6-4(2)5;/h6-7,9,12H,3-5,8,10-11H2,1-2H3;5-6,8,11H,2-4,7,9-10,15H2,1H3;3H2,1-2H3;1H4/t12-;11-;;/m11../s1. The Balaban J connectivity index is 0.000000375. The van der Waals surface area contributed by atoms with Crippen LogP contribution in [0.2, 0.25) is 0 Å². The molecule has 4 rings (SSSR count). The topological polar surface area (TPSA) is 137 Å². The summed E-state index contributed by atoms with van der Waals surface area (Å²) in [5.74, 6) is 0.0783. The van der Waals surface area contributed by atoms with Gasteiger partial charge in [-0.3, -0.25) is 24.4 Å². The van der Waals surface area contributed by atoms with Crippen LogP contribution >= 0.6 is 0 Å². The van der Waals surface area contributed by atoms with Gasteiger partial charge in [-0.05, 0) is 76.6 Å². The van der Waals surface area contributed by atoms with Crippen molar-refractivity contribution in [3.8, 4) is 0 Å². The summed E-state index contributed by atoms with van der Waals surface area (Å²) in [5.41, 5.74) is 9.78. The van der Waals surface area contributed by atoms with Crippen LogP contribution in [-0.4, -0.2) is 79.9 Å². The lowest BCUT2D eigenvalue weighted by molar-refractivity contribution is -0.143. The molecule has 11 heteroatoms. The molecular formula is C34H55N5O6. The van der Waals surface area contributed by atoms with Crippen molar-refractivity contribution in [1.29, 1.82) is 0 Å².